The Morgan fingerprint density at radius 1 is 0.789 bits per heavy atom. The Morgan fingerprint density at radius 3 is 2.01 bits per heavy atom. The Bertz CT molecular complexity index is 2540. The minimum absolute atomic E-state index is 0.00648. The number of aliphatic hydroxyl groups excluding tert-OH is 2. The molecule has 3 fully saturated rings. The van der Waals surface area contributed by atoms with Crippen LogP contribution >= 0.6 is 0 Å². The van der Waals surface area contributed by atoms with Crippen molar-refractivity contribution in [3.05, 3.63) is 96.7 Å². The van der Waals surface area contributed by atoms with E-state index < -0.39 is 24.5 Å². The maximum absolute atomic E-state index is 14.4. The molecule has 0 bridgehead atoms. The summed E-state index contributed by atoms with van der Waals surface area (Å²) in [5.74, 6) is 0.743. The number of benzene rings is 3. The number of amides is 4. The van der Waals surface area contributed by atoms with E-state index in [0.717, 1.165) is 60.7 Å². The summed E-state index contributed by atoms with van der Waals surface area (Å²) in [6, 6.07) is 13.8. The molecule has 2 N–H and O–H groups in total. The second-order valence-electron chi connectivity index (χ2n) is 19.0. The third kappa shape index (κ3) is 10.1. The van der Waals surface area contributed by atoms with Gasteiger partial charge in [-0.25, -0.2) is 14.5 Å². The summed E-state index contributed by atoms with van der Waals surface area (Å²) in [5, 5.41) is 21.0. The minimum atomic E-state index is -1.33. The molecule has 1 saturated carbocycles. The van der Waals surface area contributed by atoms with Crippen LogP contribution in [0.1, 0.15) is 71.2 Å². The lowest BCUT2D eigenvalue weighted by Crippen LogP contribution is -2.50. The van der Waals surface area contributed by atoms with Crippen LogP contribution in [0.25, 0.3) is 5.57 Å². The molecule has 3 aromatic carbocycles. The maximum atomic E-state index is 14.4. The maximum Gasteiger partial charge on any atom is 0.416 e. The van der Waals surface area contributed by atoms with Gasteiger partial charge < -0.3 is 53.3 Å². The number of piperazine rings is 1. The zero-order chi connectivity index (χ0) is 49.8. The zero-order valence-electron chi connectivity index (χ0n) is 40.6. The number of hydrogen-bond donors (Lipinski definition) is 2. The van der Waals surface area contributed by atoms with Crippen molar-refractivity contribution in [2.45, 2.75) is 63.3 Å². The molecule has 18 nitrogen and oxygen atoms in total. The largest absolute Gasteiger partial charge is 0.493 e. The van der Waals surface area contributed by atoms with Gasteiger partial charge in [-0.1, -0.05) is 37.4 Å². The highest BCUT2D eigenvalue weighted by Gasteiger charge is 2.58. The summed E-state index contributed by atoms with van der Waals surface area (Å²) in [5.41, 5.74) is 4.08. The molecule has 1 aliphatic carbocycles. The standard InChI is InChI=1S/C53H64N6O12/c1-5-22-70-51(64)57-33-38-26-36(35-10-12-37(13-11-35)55-18-16-54(17-19-55)20-21-60)32-56(38)48(61)39-27-44(66-3)46(29-41(39)57)68-24-8-7-9-25-69-47-30-42-40(28-45(47)67-4)49(62)58-34-53(14-15-53)31-43(58)50(63)59(42)52(65)71-23-6-2/h5-6,10-13,27-30,32,38,43,50,60,63H,1-2,7-9,14-26,31,33-34H2,3-4H3/t38-,43-,50?/m0/s1. The van der Waals surface area contributed by atoms with Crippen LogP contribution in [0.3, 0.4) is 0 Å². The van der Waals surface area contributed by atoms with E-state index in [1.165, 1.54) is 31.3 Å². The van der Waals surface area contributed by atoms with Crippen LogP contribution in [0, 0.1) is 5.41 Å². The Morgan fingerprint density at radius 2 is 1.41 bits per heavy atom. The summed E-state index contributed by atoms with van der Waals surface area (Å²) in [6.45, 7) is 12.9. The predicted molar refractivity (Wildman–Crippen MR) is 266 cm³/mol. The normalized spacial score (nSPS) is 21.0. The number of anilines is 3. The van der Waals surface area contributed by atoms with Crippen molar-refractivity contribution in [1.29, 1.82) is 0 Å². The fourth-order valence-corrected chi connectivity index (χ4v) is 10.5. The molecule has 378 valence electrons. The molecule has 0 aromatic heterocycles. The number of rotatable bonds is 18. The van der Waals surface area contributed by atoms with E-state index in [1.807, 2.05) is 6.20 Å². The first-order valence-corrected chi connectivity index (χ1v) is 24.5. The van der Waals surface area contributed by atoms with Crippen molar-refractivity contribution in [3.63, 3.8) is 0 Å². The second kappa shape index (κ2) is 21.3. The quantitative estimate of drug-likeness (QED) is 0.107. The van der Waals surface area contributed by atoms with Crippen molar-refractivity contribution in [2.24, 2.45) is 5.41 Å². The van der Waals surface area contributed by atoms with Gasteiger partial charge in [0.1, 0.15) is 13.2 Å². The Hall–Kier alpha value is -6.76. The van der Waals surface area contributed by atoms with Crippen molar-refractivity contribution in [1.82, 2.24) is 14.7 Å². The van der Waals surface area contributed by atoms with E-state index in [4.69, 9.17) is 28.4 Å². The first-order chi connectivity index (χ1) is 34.5. The number of carbonyl (C=O) groups excluding carboxylic acids is 4. The molecule has 71 heavy (non-hydrogen) atoms. The molecular formula is C53H64N6O12. The SMILES string of the molecule is C=CCOC(=O)N1C[C@@H]2CC(c3ccc(N4CCN(CCO)CC4)cc3)=CN2C(=O)c2cc(OC)c(OCCCCCOc3cc4c(cc3OC)C(=O)N3CC5(CC5)C[C@H]3C(O)N4C(=O)OCC=C)cc21. The topological polar surface area (TPSA) is 184 Å². The van der Waals surface area contributed by atoms with Gasteiger partial charge in [-0.15, -0.1) is 0 Å². The van der Waals surface area contributed by atoms with E-state index in [2.05, 4.69) is 47.2 Å². The molecule has 6 aliphatic rings. The molecule has 5 heterocycles. The number of β-amino-alcohol motifs (C(OH)–C–C–N with tert-alkyl or cyclic N) is 1. The third-order valence-corrected chi connectivity index (χ3v) is 14.5. The molecule has 2 saturated heterocycles. The van der Waals surface area contributed by atoms with Crippen LogP contribution < -0.4 is 33.6 Å². The van der Waals surface area contributed by atoms with Gasteiger partial charge in [0.2, 0.25) is 0 Å². The number of unbranched alkanes of at least 4 members (excludes halogenated alkanes) is 2. The molecule has 1 spiro atoms. The zero-order valence-corrected chi connectivity index (χ0v) is 40.6. The van der Waals surface area contributed by atoms with Crippen molar-refractivity contribution >= 4 is 46.6 Å². The third-order valence-electron chi connectivity index (χ3n) is 14.5. The number of aliphatic hydroxyl groups is 2. The van der Waals surface area contributed by atoms with Gasteiger partial charge in [0, 0.05) is 63.3 Å². The van der Waals surface area contributed by atoms with Gasteiger partial charge in [-0.3, -0.25) is 19.4 Å². The molecule has 1 unspecified atom stereocenters. The first-order valence-electron chi connectivity index (χ1n) is 24.5. The van der Waals surface area contributed by atoms with Gasteiger partial charge in [0.25, 0.3) is 11.8 Å². The molecule has 9 rings (SSSR count). The van der Waals surface area contributed by atoms with E-state index in [-0.39, 0.29) is 79.7 Å². The highest BCUT2D eigenvalue weighted by molar-refractivity contribution is 6.07. The van der Waals surface area contributed by atoms with Gasteiger partial charge in [-0.05, 0) is 85.8 Å². The van der Waals surface area contributed by atoms with Crippen LogP contribution in [0.15, 0.2) is 80.0 Å². The molecule has 5 aliphatic heterocycles. The van der Waals surface area contributed by atoms with Crippen molar-refractivity contribution in [2.75, 3.05) is 108 Å². The summed E-state index contributed by atoms with van der Waals surface area (Å²) in [7, 11) is 2.98. The van der Waals surface area contributed by atoms with Gasteiger partial charge in [0.05, 0.1) is 75.2 Å². The van der Waals surface area contributed by atoms with E-state index in [1.54, 1.807) is 34.1 Å². The summed E-state index contributed by atoms with van der Waals surface area (Å²) >= 11 is 0. The molecule has 0 radical (unpaired) electrons. The van der Waals surface area contributed by atoms with E-state index in [9.17, 15) is 29.4 Å². The molecular weight excluding hydrogens is 913 g/mol. The first kappa shape index (κ1) is 49.2. The van der Waals surface area contributed by atoms with Crippen LogP contribution in [0.2, 0.25) is 0 Å². The highest BCUT2D eigenvalue weighted by Crippen LogP contribution is 2.57. The summed E-state index contributed by atoms with van der Waals surface area (Å²) < 4.78 is 34.9. The molecule has 4 amide bonds. The van der Waals surface area contributed by atoms with Gasteiger partial charge in [0.15, 0.2) is 29.2 Å². The Labute approximate surface area is 414 Å². The van der Waals surface area contributed by atoms with Gasteiger partial charge in [-0.2, -0.15) is 0 Å². The smallest absolute Gasteiger partial charge is 0.416 e. The fourth-order valence-electron chi connectivity index (χ4n) is 10.5. The fraction of sp³-hybridized carbons (Fsp3) is 0.472. The van der Waals surface area contributed by atoms with Crippen LogP contribution in [-0.2, 0) is 9.47 Å². The summed E-state index contributed by atoms with van der Waals surface area (Å²) in [4.78, 5) is 66.3. The highest BCUT2D eigenvalue weighted by atomic mass is 16.6. The number of nitrogens with zero attached hydrogens (tertiary/aromatic N) is 6. The average Bonchev–Trinajstić information content (AvgIpc) is 3.89. The minimum Gasteiger partial charge on any atom is -0.493 e. The number of ether oxygens (including phenoxy) is 6. The lowest BCUT2D eigenvalue weighted by Gasteiger charge is -2.35. The Balaban J connectivity index is 0.851. The lowest BCUT2D eigenvalue weighted by molar-refractivity contribution is 0.0496. The second-order valence-corrected chi connectivity index (χ2v) is 19.0. The molecule has 18 heteroatoms. The number of fused-ring (bicyclic) bond motifs is 4. The lowest BCUT2D eigenvalue weighted by atomic mass is 10.0. The summed E-state index contributed by atoms with van der Waals surface area (Å²) in [6.07, 6.45) is 7.03. The Kier molecular flexibility index (Phi) is 14.8. The monoisotopic (exact) mass is 976 g/mol. The predicted octanol–water partition coefficient (Wildman–Crippen LogP) is 6.30. The average molecular weight is 977 g/mol. The number of carbonyl (C=O) groups is 4. The number of methoxy groups -OCH3 is 2. The van der Waals surface area contributed by atoms with Gasteiger partial charge >= 0.3 is 12.2 Å². The van der Waals surface area contributed by atoms with Crippen molar-refractivity contribution < 1.29 is 57.8 Å². The van der Waals surface area contributed by atoms with Crippen LogP contribution in [-0.4, -0.2) is 160 Å². The van der Waals surface area contributed by atoms with Crippen LogP contribution in [0.4, 0.5) is 26.7 Å². The van der Waals surface area contributed by atoms with Crippen LogP contribution in [0.5, 0.6) is 23.0 Å². The molecule has 3 aromatic rings. The van der Waals surface area contributed by atoms with E-state index in [0.29, 0.717) is 73.9 Å². The van der Waals surface area contributed by atoms with E-state index >= 15 is 0 Å². The number of hydrogen-bond acceptors (Lipinski definition) is 14. The van der Waals surface area contributed by atoms with Crippen molar-refractivity contribution in [3.8, 4) is 23.0 Å². The molecule has 3 atom stereocenters.